The van der Waals surface area contributed by atoms with E-state index in [2.05, 4.69) is 20.6 Å². The Balaban J connectivity index is 1.50. The SMILES string of the molecule is CC(C)(C)OC(=O)N1C[C@H](NC(=O)Nc2ccccc2F)[C@@H](OC(=O)c2cccc(-c3cncnc3)c2)C1. The molecule has 1 saturated heterocycles. The van der Waals surface area contributed by atoms with Crippen molar-refractivity contribution in [3.05, 3.63) is 78.6 Å². The van der Waals surface area contributed by atoms with Gasteiger partial charge in [0.25, 0.3) is 0 Å². The number of nitrogens with one attached hydrogen (secondary N) is 2. The number of nitrogens with zero attached hydrogens (tertiary/aromatic N) is 3. The van der Waals surface area contributed by atoms with E-state index in [1.54, 1.807) is 57.4 Å². The lowest BCUT2D eigenvalue weighted by Crippen LogP contribution is -2.46. The van der Waals surface area contributed by atoms with Gasteiger partial charge in [0.2, 0.25) is 0 Å². The number of hydrogen-bond acceptors (Lipinski definition) is 7. The fourth-order valence-electron chi connectivity index (χ4n) is 3.88. The molecule has 3 amide bonds. The van der Waals surface area contributed by atoms with Crippen molar-refractivity contribution in [2.75, 3.05) is 18.4 Å². The smallest absolute Gasteiger partial charge is 0.410 e. The predicted molar refractivity (Wildman–Crippen MR) is 137 cm³/mol. The number of ether oxygens (including phenoxy) is 2. The Hall–Kier alpha value is -4.54. The van der Waals surface area contributed by atoms with Gasteiger partial charge in [0, 0.05) is 24.5 Å². The Bertz CT molecular complexity index is 1310. The van der Waals surface area contributed by atoms with Crippen molar-refractivity contribution in [3.63, 3.8) is 0 Å². The van der Waals surface area contributed by atoms with Crippen molar-refractivity contribution in [1.82, 2.24) is 20.2 Å². The third kappa shape index (κ3) is 6.81. The summed E-state index contributed by atoms with van der Waals surface area (Å²) in [5, 5.41) is 5.13. The van der Waals surface area contributed by atoms with Crippen LogP contribution in [-0.2, 0) is 9.47 Å². The molecule has 0 aliphatic carbocycles. The molecule has 198 valence electrons. The summed E-state index contributed by atoms with van der Waals surface area (Å²) in [6, 6.07) is 11.0. The van der Waals surface area contributed by atoms with Gasteiger partial charge in [0.1, 0.15) is 23.8 Å². The van der Waals surface area contributed by atoms with E-state index < -0.39 is 41.7 Å². The lowest BCUT2D eigenvalue weighted by Gasteiger charge is -2.24. The number of benzene rings is 2. The standard InChI is InChI=1S/C27H28FN5O5/c1-27(2,3)38-26(36)33-14-22(32-25(35)31-21-10-5-4-9-20(21)28)23(15-33)37-24(34)18-8-6-7-17(11-18)19-12-29-16-30-13-19/h4-13,16,22-23H,14-15H2,1-3H3,(H2,31,32,35)/t22-,23-/m0/s1. The second-order valence-corrected chi connectivity index (χ2v) is 9.72. The molecule has 2 N–H and O–H groups in total. The number of rotatable bonds is 5. The zero-order valence-electron chi connectivity index (χ0n) is 21.2. The Morgan fingerprint density at radius 3 is 2.45 bits per heavy atom. The molecule has 4 rings (SSSR count). The quantitative estimate of drug-likeness (QED) is 0.481. The Labute approximate surface area is 219 Å². The molecule has 1 fully saturated rings. The molecule has 38 heavy (non-hydrogen) atoms. The third-order valence-corrected chi connectivity index (χ3v) is 5.61. The minimum atomic E-state index is -0.884. The molecule has 3 aromatic rings. The van der Waals surface area contributed by atoms with Crippen LogP contribution in [0.25, 0.3) is 11.1 Å². The number of anilines is 1. The Morgan fingerprint density at radius 1 is 1.00 bits per heavy atom. The van der Waals surface area contributed by atoms with Crippen LogP contribution in [0.15, 0.2) is 67.3 Å². The minimum absolute atomic E-state index is 0.00247. The molecule has 11 heteroatoms. The molecule has 2 atom stereocenters. The molecular formula is C27H28FN5O5. The number of carbonyl (C=O) groups excluding carboxylic acids is 3. The van der Waals surface area contributed by atoms with Crippen LogP contribution < -0.4 is 10.6 Å². The van der Waals surface area contributed by atoms with Gasteiger partial charge in [0.15, 0.2) is 0 Å². The zero-order valence-corrected chi connectivity index (χ0v) is 21.2. The molecule has 1 aromatic heterocycles. The first-order chi connectivity index (χ1) is 18.1. The van der Waals surface area contributed by atoms with Crippen molar-refractivity contribution < 1.29 is 28.2 Å². The molecule has 0 spiro atoms. The lowest BCUT2D eigenvalue weighted by atomic mass is 10.1. The van der Waals surface area contributed by atoms with E-state index in [0.29, 0.717) is 0 Å². The second-order valence-electron chi connectivity index (χ2n) is 9.72. The number of amides is 3. The first-order valence-corrected chi connectivity index (χ1v) is 12.0. The number of likely N-dealkylation sites (tertiary alicyclic amines) is 1. The molecule has 0 saturated carbocycles. The number of halogens is 1. The van der Waals surface area contributed by atoms with E-state index in [9.17, 15) is 18.8 Å². The van der Waals surface area contributed by atoms with Crippen molar-refractivity contribution in [2.45, 2.75) is 38.5 Å². The highest BCUT2D eigenvalue weighted by Gasteiger charge is 2.40. The molecule has 0 radical (unpaired) electrons. The summed E-state index contributed by atoms with van der Waals surface area (Å²) < 4.78 is 25.2. The van der Waals surface area contributed by atoms with Gasteiger partial charge >= 0.3 is 18.1 Å². The van der Waals surface area contributed by atoms with Crippen LogP contribution in [0.1, 0.15) is 31.1 Å². The van der Waals surface area contributed by atoms with Crippen LogP contribution in [0.4, 0.5) is 19.7 Å². The molecule has 0 bridgehead atoms. The number of para-hydroxylation sites is 1. The van der Waals surface area contributed by atoms with Crippen molar-refractivity contribution in [2.24, 2.45) is 0 Å². The fraction of sp³-hybridized carbons (Fsp3) is 0.296. The molecule has 1 aliphatic rings. The van der Waals surface area contributed by atoms with Gasteiger partial charge in [-0.3, -0.25) is 0 Å². The Morgan fingerprint density at radius 2 is 1.74 bits per heavy atom. The summed E-state index contributed by atoms with van der Waals surface area (Å²) in [5.74, 6) is -1.24. The van der Waals surface area contributed by atoms with E-state index in [0.717, 1.165) is 11.1 Å². The van der Waals surface area contributed by atoms with E-state index in [1.807, 2.05) is 6.07 Å². The van der Waals surface area contributed by atoms with Crippen molar-refractivity contribution in [1.29, 1.82) is 0 Å². The first kappa shape index (κ1) is 26.5. The van der Waals surface area contributed by atoms with Gasteiger partial charge in [-0.05, 0) is 50.6 Å². The maximum absolute atomic E-state index is 14.0. The number of urea groups is 1. The monoisotopic (exact) mass is 521 g/mol. The van der Waals surface area contributed by atoms with Crippen LogP contribution >= 0.6 is 0 Å². The number of aromatic nitrogens is 2. The highest BCUT2D eigenvalue weighted by molar-refractivity contribution is 5.92. The van der Waals surface area contributed by atoms with Gasteiger partial charge in [0.05, 0.1) is 23.8 Å². The maximum atomic E-state index is 14.0. The summed E-state index contributed by atoms with van der Waals surface area (Å²) >= 11 is 0. The third-order valence-electron chi connectivity index (χ3n) is 5.61. The molecule has 1 aliphatic heterocycles. The molecule has 2 aromatic carbocycles. The zero-order chi connectivity index (χ0) is 27.3. The van der Waals surface area contributed by atoms with Crippen LogP contribution in [0.5, 0.6) is 0 Å². The van der Waals surface area contributed by atoms with Gasteiger partial charge in [-0.15, -0.1) is 0 Å². The minimum Gasteiger partial charge on any atom is -0.455 e. The largest absolute Gasteiger partial charge is 0.455 e. The number of hydrogen-bond donors (Lipinski definition) is 2. The van der Waals surface area contributed by atoms with Gasteiger partial charge < -0.3 is 25.0 Å². The topological polar surface area (TPSA) is 123 Å². The highest BCUT2D eigenvalue weighted by atomic mass is 19.1. The maximum Gasteiger partial charge on any atom is 0.410 e. The summed E-state index contributed by atoms with van der Waals surface area (Å²) in [6.45, 7) is 5.24. The lowest BCUT2D eigenvalue weighted by molar-refractivity contribution is 0.0180. The summed E-state index contributed by atoms with van der Waals surface area (Å²) in [7, 11) is 0. The molecule has 0 unspecified atom stereocenters. The second kappa shape index (κ2) is 11.2. The summed E-state index contributed by atoms with van der Waals surface area (Å²) in [5.41, 5.74) is 0.974. The molecule has 10 nitrogen and oxygen atoms in total. The number of esters is 1. The van der Waals surface area contributed by atoms with Crippen molar-refractivity contribution in [3.8, 4) is 11.1 Å². The average molecular weight is 522 g/mol. The summed E-state index contributed by atoms with van der Waals surface area (Å²) in [4.78, 5) is 47.8. The van der Waals surface area contributed by atoms with Crippen molar-refractivity contribution >= 4 is 23.8 Å². The molecule has 2 heterocycles. The van der Waals surface area contributed by atoms with E-state index in [-0.39, 0.29) is 24.3 Å². The van der Waals surface area contributed by atoms with Crippen LogP contribution in [0.3, 0.4) is 0 Å². The fourth-order valence-corrected chi connectivity index (χ4v) is 3.88. The Kier molecular flexibility index (Phi) is 7.85. The van der Waals surface area contributed by atoms with Crippen LogP contribution in [0.2, 0.25) is 0 Å². The first-order valence-electron chi connectivity index (χ1n) is 12.0. The predicted octanol–water partition coefficient (Wildman–Crippen LogP) is 4.25. The summed E-state index contributed by atoms with van der Waals surface area (Å²) in [6.07, 6.45) is 3.17. The van der Waals surface area contributed by atoms with Gasteiger partial charge in [-0.2, -0.15) is 0 Å². The normalized spacial score (nSPS) is 17.0. The van der Waals surface area contributed by atoms with Crippen LogP contribution in [0, 0.1) is 5.82 Å². The van der Waals surface area contributed by atoms with Crippen LogP contribution in [-0.4, -0.2) is 63.8 Å². The van der Waals surface area contributed by atoms with E-state index in [1.165, 1.54) is 29.4 Å². The average Bonchev–Trinajstić information content (AvgIpc) is 3.27. The number of carbonyl (C=O) groups is 3. The van der Waals surface area contributed by atoms with Gasteiger partial charge in [-0.1, -0.05) is 24.3 Å². The van der Waals surface area contributed by atoms with E-state index >= 15 is 0 Å². The van der Waals surface area contributed by atoms with Gasteiger partial charge in [-0.25, -0.2) is 28.7 Å². The van der Waals surface area contributed by atoms with E-state index in [4.69, 9.17) is 9.47 Å². The molecular weight excluding hydrogens is 493 g/mol. The highest BCUT2D eigenvalue weighted by Crippen LogP contribution is 2.22.